The summed E-state index contributed by atoms with van der Waals surface area (Å²) < 4.78 is 0. The van der Waals surface area contributed by atoms with Gasteiger partial charge >= 0.3 is 5.97 Å². The van der Waals surface area contributed by atoms with Crippen LogP contribution in [-0.4, -0.2) is 22.3 Å². The molecule has 0 heterocycles. The minimum absolute atomic E-state index is 0.264. The Morgan fingerprint density at radius 2 is 1.84 bits per heavy atom. The number of carboxylic acids is 1. The first-order chi connectivity index (χ1) is 9.02. The van der Waals surface area contributed by atoms with Crippen molar-refractivity contribution in [3.05, 3.63) is 35.9 Å². The van der Waals surface area contributed by atoms with Crippen LogP contribution in [0, 0.1) is 5.41 Å². The number of aliphatic carboxylic acids is 1. The van der Waals surface area contributed by atoms with Crippen LogP contribution >= 0.6 is 0 Å². The molecule has 5 heteroatoms. The smallest absolute Gasteiger partial charge is 0.340 e. The molecule has 5 nitrogen and oxygen atoms in total. The summed E-state index contributed by atoms with van der Waals surface area (Å²) in [5, 5.41) is 24.7. The number of unbranched alkanes of at least 4 members (excludes halogenated alkanes) is 2. The predicted octanol–water partition coefficient (Wildman–Crippen LogP) is 2.44. The molecule has 1 rings (SSSR count). The van der Waals surface area contributed by atoms with Crippen LogP contribution in [0.3, 0.4) is 0 Å². The maximum Gasteiger partial charge on any atom is 0.340 e. The van der Waals surface area contributed by atoms with Crippen LogP contribution < -0.4 is 0 Å². The summed E-state index contributed by atoms with van der Waals surface area (Å²) in [5.41, 5.74) is -1.28. The van der Waals surface area contributed by atoms with Gasteiger partial charge in [0.25, 0.3) is 0 Å². The monoisotopic (exact) mass is 265 g/mol. The highest BCUT2D eigenvalue weighted by Crippen LogP contribution is 2.27. The van der Waals surface area contributed by atoms with Crippen LogP contribution in [0.25, 0.3) is 0 Å². The molecule has 0 saturated carbocycles. The highest BCUT2D eigenvalue weighted by molar-refractivity contribution is 5.79. The van der Waals surface area contributed by atoms with Crippen molar-refractivity contribution in [3.8, 4) is 0 Å². The van der Waals surface area contributed by atoms with Crippen molar-refractivity contribution in [2.45, 2.75) is 38.2 Å². The molecule has 0 aliphatic heterocycles. The van der Waals surface area contributed by atoms with Gasteiger partial charge in [0.2, 0.25) is 6.08 Å². The Bertz CT molecular complexity index is 413. The number of carbonyl (C=O) groups is 1. The van der Waals surface area contributed by atoms with Gasteiger partial charge in [0.15, 0.2) is 5.60 Å². The standard InChI is InChI=1S/C13H18O3.CHNO/c1-2-3-7-10-13(16,12(14)15)11-8-5-4-6-9-11;2-1-3/h4-6,8-9,16H,2-3,7,10H2,1H3,(H,14,15);2H. The van der Waals surface area contributed by atoms with E-state index in [-0.39, 0.29) is 6.42 Å². The van der Waals surface area contributed by atoms with Crippen molar-refractivity contribution in [1.29, 1.82) is 5.41 Å². The van der Waals surface area contributed by atoms with Gasteiger partial charge in [-0.1, -0.05) is 50.1 Å². The van der Waals surface area contributed by atoms with E-state index in [0.717, 1.165) is 18.9 Å². The number of isocyanates is 1. The molecule has 1 atom stereocenters. The number of hydrogen-bond acceptors (Lipinski definition) is 4. The lowest BCUT2D eigenvalue weighted by Gasteiger charge is -2.23. The van der Waals surface area contributed by atoms with Crippen LogP contribution in [0.5, 0.6) is 0 Å². The zero-order chi connectivity index (χ0) is 14.7. The molecule has 1 aromatic carbocycles. The van der Waals surface area contributed by atoms with Crippen molar-refractivity contribution in [2.75, 3.05) is 0 Å². The summed E-state index contributed by atoms with van der Waals surface area (Å²) in [4.78, 5) is 19.5. The zero-order valence-corrected chi connectivity index (χ0v) is 10.9. The number of hydrogen-bond donors (Lipinski definition) is 3. The molecule has 0 amide bonds. The maximum atomic E-state index is 11.2. The third-order valence-corrected chi connectivity index (χ3v) is 2.75. The van der Waals surface area contributed by atoms with E-state index < -0.39 is 11.6 Å². The zero-order valence-electron chi connectivity index (χ0n) is 10.9. The fourth-order valence-electron chi connectivity index (χ4n) is 1.72. The highest BCUT2D eigenvalue weighted by Gasteiger charge is 2.36. The average Bonchev–Trinajstić information content (AvgIpc) is 2.40. The molecule has 0 bridgehead atoms. The largest absolute Gasteiger partial charge is 0.479 e. The molecule has 1 aromatic rings. The lowest BCUT2D eigenvalue weighted by molar-refractivity contribution is -0.160. The molecule has 0 saturated heterocycles. The van der Waals surface area contributed by atoms with Crippen molar-refractivity contribution in [3.63, 3.8) is 0 Å². The van der Waals surface area contributed by atoms with E-state index in [1.54, 1.807) is 30.3 Å². The highest BCUT2D eigenvalue weighted by atomic mass is 16.4. The minimum Gasteiger partial charge on any atom is -0.479 e. The Hall–Kier alpha value is -1.97. The van der Waals surface area contributed by atoms with Crippen LogP contribution in [0.4, 0.5) is 0 Å². The molecule has 0 fully saturated rings. The molecule has 3 N–H and O–H groups in total. The van der Waals surface area contributed by atoms with Crippen molar-refractivity contribution < 1.29 is 19.8 Å². The van der Waals surface area contributed by atoms with Crippen molar-refractivity contribution >= 4 is 12.0 Å². The van der Waals surface area contributed by atoms with Gasteiger partial charge in [0.05, 0.1) is 0 Å². The number of carboxylic acid groups (broad SMARTS) is 1. The minimum atomic E-state index is -1.74. The molecular weight excluding hydrogens is 246 g/mol. The van der Waals surface area contributed by atoms with Crippen molar-refractivity contribution in [2.24, 2.45) is 0 Å². The SMILES string of the molecule is CCCCCC(O)(C(=O)O)c1ccccc1.N=C=O. The molecule has 104 valence electrons. The molecule has 0 radical (unpaired) electrons. The summed E-state index contributed by atoms with van der Waals surface area (Å²) in [6.45, 7) is 2.04. The molecule has 19 heavy (non-hydrogen) atoms. The Morgan fingerprint density at radius 3 is 2.26 bits per heavy atom. The van der Waals surface area contributed by atoms with E-state index in [1.807, 2.05) is 6.92 Å². The second-order valence-corrected chi connectivity index (χ2v) is 4.09. The number of benzene rings is 1. The normalized spacial score (nSPS) is 12.5. The van der Waals surface area contributed by atoms with Gasteiger partial charge in [-0.15, -0.1) is 0 Å². The Balaban J connectivity index is 0.000000982. The third-order valence-electron chi connectivity index (χ3n) is 2.75. The summed E-state index contributed by atoms with van der Waals surface area (Å²) in [7, 11) is 0. The van der Waals surface area contributed by atoms with Crippen LogP contribution in [0.2, 0.25) is 0 Å². The number of nitrogens with one attached hydrogen (secondary N) is 1. The summed E-state index contributed by atoms with van der Waals surface area (Å²) in [6, 6.07) is 8.59. The molecule has 1 unspecified atom stereocenters. The predicted molar refractivity (Wildman–Crippen MR) is 70.5 cm³/mol. The van der Waals surface area contributed by atoms with E-state index in [4.69, 9.17) is 15.3 Å². The summed E-state index contributed by atoms with van der Waals surface area (Å²) in [6.07, 6.45) is 3.67. The molecule has 0 aromatic heterocycles. The first-order valence-electron chi connectivity index (χ1n) is 6.08. The Morgan fingerprint density at radius 1 is 1.32 bits per heavy atom. The van der Waals surface area contributed by atoms with Gasteiger partial charge in [-0.25, -0.2) is 15.0 Å². The maximum absolute atomic E-state index is 11.2. The van der Waals surface area contributed by atoms with E-state index in [1.165, 1.54) is 0 Å². The Kier molecular flexibility index (Phi) is 8.09. The third kappa shape index (κ3) is 5.46. The van der Waals surface area contributed by atoms with E-state index in [2.05, 4.69) is 0 Å². The van der Waals surface area contributed by atoms with E-state index in [0.29, 0.717) is 12.0 Å². The second-order valence-electron chi connectivity index (χ2n) is 4.09. The van der Waals surface area contributed by atoms with Gasteiger partial charge in [0.1, 0.15) is 0 Å². The average molecular weight is 265 g/mol. The molecule has 0 aliphatic carbocycles. The van der Waals surface area contributed by atoms with Crippen LogP contribution in [-0.2, 0) is 15.2 Å². The van der Waals surface area contributed by atoms with Gasteiger partial charge in [-0.3, -0.25) is 0 Å². The lowest BCUT2D eigenvalue weighted by atomic mass is 9.88. The fraction of sp³-hybridized carbons (Fsp3) is 0.429. The van der Waals surface area contributed by atoms with Gasteiger partial charge < -0.3 is 10.2 Å². The van der Waals surface area contributed by atoms with E-state index >= 15 is 0 Å². The van der Waals surface area contributed by atoms with Crippen LogP contribution in [0.1, 0.15) is 38.2 Å². The lowest BCUT2D eigenvalue weighted by Crippen LogP contribution is -2.35. The number of rotatable bonds is 6. The van der Waals surface area contributed by atoms with Crippen molar-refractivity contribution in [1.82, 2.24) is 0 Å². The molecule has 0 spiro atoms. The van der Waals surface area contributed by atoms with Gasteiger partial charge in [-0.05, 0) is 18.4 Å². The second kappa shape index (κ2) is 9.03. The van der Waals surface area contributed by atoms with Crippen LogP contribution in [0.15, 0.2) is 30.3 Å². The topological polar surface area (TPSA) is 98.4 Å². The molecular formula is C14H19NO4. The van der Waals surface area contributed by atoms with Gasteiger partial charge in [-0.2, -0.15) is 0 Å². The number of carbonyl (C=O) groups excluding carboxylic acids is 1. The molecule has 0 aliphatic rings. The summed E-state index contributed by atoms with van der Waals surface area (Å²) >= 11 is 0. The quantitative estimate of drug-likeness (QED) is 0.418. The number of aliphatic hydroxyl groups is 1. The fourth-order valence-corrected chi connectivity index (χ4v) is 1.72. The first kappa shape index (κ1) is 17.0. The first-order valence-corrected chi connectivity index (χ1v) is 6.08. The summed E-state index contributed by atoms with van der Waals surface area (Å²) in [5.74, 6) is -1.17. The Labute approximate surface area is 112 Å². The van der Waals surface area contributed by atoms with E-state index in [9.17, 15) is 9.90 Å². The van der Waals surface area contributed by atoms with Gasteiger partial charge in [0, 0.05) is 0 Å².